The summed E-state index contributed by atoms with van der Waals surface area (Å²) in [5.41, 5.74) is 0. The topological polar surface area (TPSA) is 94.4 Å². The van der Waals surface area contributed by atoms with Gasteiger partial charge in [-0.05, 0) is 31.9 Å². The van der Waals surface area contributed by atoms with Gasteiger partial charge < -0.3 is 15.1 Å². The monoisotopic (exact) mass is 395 g/mol. The Morgan fingerprint density at radius 1 is 1.43 bits per heavy atom. The Kier molecular flexibility index (Phi) is 7.35. The molecule has 3 heterocycles. The van der Waals surface area contributed by atoms with Gasteiger partial charge in [-0.3, -0.25) is 15.0 Å². The van der Waals surface area contributed by atoms with E-state index in [9.17, 15) is 8.78 Å². The Balaban J connectivity index is 1.47. The summed E-state index contributed by atoms with van der Waals surface area (Å²) >= 11 is 0. The second kappa shape index (κ2) is 10.2. The van der Waals surface area contributed by atoms with E-state index in [1.54, 1.807) is 12.3 Å². The molecule has 1 aliphatic heterocycles. The van der Waals surface area contributed by atoms with Crippen molar-refractivity contribution in [3.8, 4) is 11.6 Å². The van der Waals surface area contributed by atoms with Crippen LogP contribution in [-0.4, -0.2) is 71.2 Å². The summed E-state index contributed by atoms with van der Waals surface area (Å²) < 4.78 is 30.3. The molecule has 1 fully saturated rings. The number of likely N-dealkylation sites (tertiary alicyclic amines) is 1. The van der Waals surface area contributed by atoms with Crippen molar-refractivity contribution in [2.24, 2.45) is 4.99 Å². The molecule has 2 aromatic heterocycles. The van der Waals surface area contributed by atoms with Crippen molar-refractivity contribution in [3.63, 3.8) is 0 Å². The predicted molar refractivity (Wildman–Crippen MR) is 102 cm³/mol. The fourth-order valence-corrected chi connectivity index (χ4v) is 3.17. The number of piperidine rings is 1. The third-order valence-corrected chi connectivity index (χ3v) is 4.56. The zero-order valence-corrected chi connectivity index (χ0v) is 16.0. The Hall–Kier alpha value is -2.49. The second-order valence-corrected chi connectivity index (χ2v) is 6.70. The highest BCUT2D eigenvalue weighted by molar-refractivity contribution is 5.80. The SMILES string of the molecule is CCNC(=NCCc1nc(-c2ccco2)n[nH]1)NC1CCN(CC(F)F)CC1. The highest BCUT2D eigenvalue weighted by Gasteiger charge is 2.21. The molecule has 0 atom stereocenters. The van der Waals surface area contributed by atoms with Gasteiger partial charge in [-0.15, -0.1) is 0 Å². The highest BCUT2D eigenvalue weighted by Crippen LogP contribution is 2.14. The minimum absolute atomic E-state index is 0.141. The number of aliphatic imine (C=N–C) groups is 1. The lowest BCUT2D eigenvalue weighted by molar-refractivity contribution is 0.0744. The number of halogens is 2. The first kappa shape index (κ1) is 20.2. The molecule has 0 aromatic carbocycles. The van der Waals surface area contributed by atoms with Gasteiger partial charge in [0.05, 0.1) is 12.8 Å². The van der Waals surface area contributed by atoms with Gasteiger partial charge in [-0.2, -0.15) is 5.10 Å². The smallest absolute Gasteiger partial charge is 0.251 e. The highest BCUT2D eigenvalue weighted by atomic mass is 19.3. The number of furan rings is 1. The summed E-state index contributed by atoms with van der Waals surface area (Å²) in [6, 6.07) is 3.84. The molecule has 0 spiro atoms. The molecule has 0 unspecified atom stereocenters. The van der Waals surface area contributed by atoms with Crippen molar-refractivity contribution in [1.82, 2.24) is 30.7 Å². The Bertz CT molecular complexity index is 724. The van der Waals surface area contributed by atoms with Gasteiger partial charge in [-0.1, -0.05) is 0 Å². The number of hydrogen-bond acceptors (Lipinski definition) is 5. The molecule has 0 radical (unpaired) electrons. The minimum atomic E-state index is -2.27. The Labute approximate surface area is 162 Å². The molecule has 1 aliphatic rings. The van der Waals surface area contributed by atoms with E-state index in [-0.39, 0.29) is 12.6 Å². The van der Waals surface area contributed by atoms with E-state index in [0.717, 1.165) is 31.2 Å². The maximum atomic E-state index is 12.5. The van der Waals surface area contributed by atoms with Crippen LogP contribution >= 0.6 is 0 Å². The molecular formula is C18H27F2N7O. The zero-order valence-electron chi connectivity index (χ0n) is 16.0. The summed E-state index contributed by atoms with van der Waals surface area (Å²) in [5, 5.41) is 13.7. The molecular weight excluding hydrogens is 368 g/mol. The molecule has 28 heavy (non-hydrogen) atoms. The normalized spacial score (nSPS) is 16.6. The van der Waals surface area contributed by atoms with E-state index in [4.69, 9.17) is 4.42 Å². The summed E-state index contributed by atoms with van der Waals surface area (Å²) in [4.78, 5) is 10.8. The number of aromatic nitrogens is 3. The van der Waals surface area contributed by atoms with E-state index in [1.165, 1.54) is 0 Å². The quantitative estimate of drug-likeness (QED) is 0.467. The molecule has 0 saturated carbocycles. The van der Waals surface area contributed by atoms with Gasteiger partial charge in [0.25, 0.3) is 6.43 Å². The lowest BCUT2D eigenvalue weighted by atomic mass is 10.1. The zero-order chi connectivity index (χ0) is 19.8. The summed E-state index contributed by atoms with van der Waals surface area (Å²) in [7, 11) is 0. The van der Waals surface area contributed by atoms with Crippen molar-refractivity contribution in [1.29, 1.82) is 0 Å². The molecule has 3 rings (SSSR count). The first-order valence-corrected chi connectivity index (χ1v) is 9.64. The largest absolute Gasteiger partial charge is 0.461 e. The van der Waals surface area contributed by atoms with E-state index >= 15 is 0 Å². The van der Waals surface area contributed by atoms with Crippen LogP contribution in [0.5, 0.6) is 0 Å². The number of alkyl halides is 2. The fourth-order valence-electron chi connectivity index (χ4n) is 3.17. The molecule has 3 N–H and O–H groups in total. The van der Waals surface area contributed by atoms with Gasteiger partial charge in [0.1, 0.15) is 5.82 Å². The van der Waals surface area contributed by atoms with Crippen LogP contribution in [0.4, 0.5) is 8.78 Å². The van der Waals surface area contributed by atoms with E-state index < -0.39 is 6.43 Å². The van der Waals surface area contributed by atoms with Crippen molar-refractivity contribution >= 4 is 5.96 Å². The summed E-state index contributed by atoms with van der Waals surface area (Å²) in [5.74, 6) is 2.63. The third-order valence-electron chi connectivity index (χ3n) is 4.56. The molecule has 154 valence electrons. The number of H-pyrrole nitrogens is 1. The fraction of sp³-hybridized carbons (Fsp3) is 0.611. The molecule has 0 aliphatic carbocycles. The minimum Gasteiger partial charge on any atom is -0.461 e. The van der Waals surface area contributed by atoms with E-state index in [2.05, 4.69) is 30.8 Å². The van der Waals surface area contributed by atoms with Gasteiger partial charge in [0, 0.05) is 38.6 Å². The number of aromatic amines is 1. The van der Waals surface area contributed by atoms with Crippen LogP contribution in [0.3, 0.4) is 0 Å². The van der Waals surface area contributed by atoms with Crippen LogP contribution in [0.25, 0.3) is 11.6 Å². The molecule has 2 aromatic rings. The van der Waals surface area contributed by atoms with Crippen molar-refractivity contribution in [2.45, 2.75) is 38.7 Å². The van der Waals surface area contributed by atoms with E-state index in [1.807, 2.05) is 17.9 Å². The molecule has 1 saturated heterocycles. The lowest BCUT2D eigenvalue weighted by Gasteiger charge is -2.32. The predicted octanol–water partition coefficient (Wildman–Crippen LogP) is 1.89. The average molecular weight is 395 g/mol. The van der Waals surface area contributed by atoms with Gasteiger partial charge in [0.15, 0.2) is 11.7 Å². The van der Waals surface area contributed by atoms with Gasteiger partial charge in [-0.25, -0.2) is 13.8 Å². The number of guanidine groups is 1. The van der Waals surface area contributed by atoms with Crippen LogP contribution in [0.2, 0.25) is 0 Å². The molecule has 8 nitrogen and oxygen atoms in total. The average Bonchev–Trinajstić information content (AvgIpc) is 3.34. The van der Waals surface area contributed by atoms with E-state index in [0.29, 0.717) is 37.6 Å². The number of nitrogens with zero attached hydrogens (tertiary/aromatic N) is 4. The maximum Gasteiger partial charge on any atom is 0.251 e. The number of nitrogens with one attached hydrogen (secondary N) is 3. The first-order chi connectivity index (χ1) is 13.6. The summed E-state index contributed by atoms with van der Waals surface area (Å²) in [6.45, 7) is 4.52. The van der Waals surface area contributed by atoms with Crippen molar-refractivity contribution < 1.29 is 13.2 Å². The van der Waals surface area contributed by atoms with Crippen LogP contribution in [-0.2, 0) is 6.42 Å². The number of hydrogen-bond donors (Lipinski definition) is 3. The molecule has 0 amide bonds. The Morgan fingerprint density at radius 2 is 2.25 bits per heavy atom. The van der Waals surface area contributed by atoms with Gasteiger partial charge >= 0.3 is 0 Å². The molecule has 0 bridgehead atoms. The molecule has 10 heteroatoms. The first-order valence-electron chi connectivity index (χ1n) is 9.64. The van der Waals surface area contributed by atoms with Gasteiger partial charge in [0.2, 0.25) is 5.82 Å². The number of rotatable bonds is 8. The van der Waals surface area contributed by atoms with Crippen LogP contribution < -0.4 is 10.6 Å². The Morgan fingerprint density at radius 3 is 2.93 bits per heavy atom. The maximum absolute atomic E-state index is 12.5. The standard InChI is InChI=1S/C18H27F2N7O/c1-2-21-18(23-13-6-9-27(10-7-13)12-15(19)20)22-8-5-16-24-17(26-25-16)14-4-3-11-28-14/h3-4,11,13,15H,2,5-10,12H2,1H3,(H2,21,22,23)(H,24,25,26). The van der Waals surface area contributed by atoms with Crippen LogP contribution in [0.1, 0.15) is 25.6 Å². The summed E-state index contributed by atoms with van der Waals surface area (Å²) in [6.07, 6.45) is 1.59. The lowest BCUT2D eigenvalue weighted by Crippen LogP contribution is -2.49. The van der Waals surface area contributed by atoms with Crippen LogP contribution in [0.15, 0.2) is 27.8 Å². The second-order valence-electron chi connectivity index (χ2n) is 6.70. The van der Waals surface area contributed by atoms with Crippen LogP contribution in [0, 0.1) is 0 Å². The third kappa shape index (κ3) is 6.01. The van der Waals surface area contributed by atoms with Crippen molar-refractivity contribution in [2.75, 3.05) is 32.7 Å². The van der Waals surface area contributed by atoms with Crippen molar-refractivity contribution in [3.05, 3.63) is 24.2 Å².